The lowest BCUT2D eigenvalue weighted by Gasteiger charge is -2.52. The van der Waals surface area contributed by atoms with Crippen LogP contribution in [0.5, 0.6) is 0 Å². The fourth-order valence-electron chi connectivity index (χ4n) is 7.59. The number of allylic oxidation sites excluding steroid dienone is 3. The summed E-state index contributed by atoms with van der Waals surface area (Å²) in [5.41, 5.74) is 2.53. The Bertz CT molecular complexity index is 799. The molecule has 1 spiro atoms. The van der Waals surface area contributed by atoms with Crippen molar-refractivity contribution in [2.24, 2.45) is 28.6 Å². The van der Waals surface area contributed by atoms with E-state index in [9.17, 15) is 15.3 Å². The van der Waals surface area contributed by atoms with Crippen LogP contribution in [0.25, 0.3) is 0 Å². The molecule has 6 atom stereocenters. The molecule has 0 radical (unpaired) electrons. The maximum absolute atomic E-state index is 10.8. The highest BCUT2D eigenvalue weighted by Crippen LogP contribution is 2.60. The second-order valence-electron chi connectivity index (χ2n) is 12.6. The lowest BCUT2D eigenvalue weighted by atomic mass is 9.60. The van der Waals surface area contributed by atoms with Crippen LogP contribution in [0.15, 0.2) is 35.5 Å². The topological polar surface area (TPSA) is 69.9 Å². The van der Waals surface area contributed by atoms with Crippen LogP contribution in [0.2, 0.25) is 0 Å². The van der Waals surface area contributed by atoms with Crippen LogP contribution in [0.1, 0.15) is 85.5 Å². The van der Waals surface area contributed by atoms with Crippen LogP contribution in [-0.2, 0) is 4.74 Å². The van der Waals surface area contributed by atoms with Crippen molar-refractivity contribution in [3.8, 4) is 0 Å². The molecule has 4 rings (SSSR count). The Morgan fingerprint density at radius 1 is 1.21 bits per heavy atom. The summed E-state index contributed by atoms with van der Waals surface area (Å²) >= 11 is 0. The lowest BCUT2D eigenvalue weighted by Crippen LogP contribution is -2.61. The van der Waals surface area contributed by atoms with Crippen molar-refractivity contribution in [2.45, 2.75) is 103 Å². The standard InChI is InChI=1S/C29H46O4/c1-19(8-6-14-27(3,4)32)23-12-13-24-21(9-7-15-28(23,24)5)10-11-22-16-25(30)29(17-33-18-29)26(31)20(22)2/h10-11,19,23-26,30-32H,2,6-9,12-18H2,1,3-5H3/b21-10+,22-11-/t19-,23-,24+,25+,26+,28-/m1/s1. The normalized spacial score (nSPS) is 39.7. The van der Waals surface area contributed by atoms with Gasteiger partial charge in [-0.3, -0.25) is 0 Å². The molecule has 4 fully saturated rings. The predicted molar refractivity (Wildman–Crippen MR) is 133 cm³/mol. The van der Waals surface area contributed by atoms with Gasteiger partial charge in [0.1, 0.15) is 0 Å². The van der Waals surface area contributed by atoms with Gasteiger partial charge in [-0.2, -0.15) is 0 Å². The molecule has 0 bridgehead atoms. The molecule has 0 aromatic carbocycles. The SMILES string of the molecule is C=C1/C(=C\C=C2/CCC[C@]3(C)[C@@H]([C@H](C)CCCC(C)(C)O)CC[C@@H]23)C[C@H](O)C2(COC2)[C@H]1O. The first-order valence-electron chi connectivity index (χ1n) is 13.2. The molecule has 0 aromatic heterocycles. The van der Waals surface area contributed by atoms with E-state index in [1.54, 1.807) is 5.57 Å². The van der Waals surface area contributed by atoms with Crippen LogP contribution in [-0.4, -0.2) is 46.3 Å². The number of ether oxygens (including phenoxy) is 1. The molecular formula is C29H46O4. The molecule has 1 saturated heterocycles. The summed E-state index contributed by atoms with van der Waals surface area (Å²) in [6, 6.07) is 0. The summed E-state index contributed by atoms with van der Waals surface area (Å²) in [7, 11) is 0. The first-order valence-corrected chi connectivity index (χ1v) is 13.2. The molecule has 3 aliphatic carbocycles. The molecule has 33 heavy (non-hydrogen) atoms. The third kappa shape index (κ3) is 4.66. The van der Waals surface area contributed by atoms with E-state index in [0.29, 0.717) is 36.9 Å². The molecular weight excluding hydrogens is 412 g/mol. The number of hydrogen-bond acceptors (Lipinski definition) is 4. The van der Waals surface area contributed by atoms with E-state index in [0.717, 1.165) is 36.3 Å². The monoisotopic (exact) mass is 458 g/mol. The van der Waals surface area contributed by atoms with Gasteiger partial charge in [-0.25, -0.2) is 0 Å². The maximum Gasteiger partial charge on any atom is 0.0912 e. The highest BCUT2D eigenvalue weighted by atomic mass is 16.5. The van der Waals surface area contributed by atoms with Crippen molar-refractivity contribution in [1.82, 2.24) is 0 Å². The minimum Gasteiger partial charge on any atom is -0.392 e. The second-order valence-corrected chi connectivity index (χ2v) is 12.6. The fraction of sp³-hybridized carbons (Fsp3) is 0.793. The molecule has 4 aliphatic rings. The lowest BCUT2D eigenvalue weighted by molar-refractivity contribution is -0.216. The minimum absolute atomic E-state index is 0.354. The third-order valence-electron chi connectivity index (χ3n) is 9.78. The summed E-state index contributed by atoms with van der Waals surface area (Å²) in [6.07, 6.45) is 13.1. The first kappa shape index (κ1) is 25.2. The molecule has 3 saturated carbocycles. The second kappa shape index (κ2) is 9.26. The number of aliphatic hydroxyl groups is 3. The molecule has 3 N–H and O–H groups in total. The fourth-order valence-corrected chi connectivity index (χ4v) is 7.59. The van der Waals surface area contributed by atoms with E-state index in [-0.39, 0.29) is 0 Å². The van der Waals surface area contributed by atoms with Crippen molar-refractivity contribution >= 4 is 0 Å². The van der Waals surface area contributed by atoms with Crippen LogP contribution in [0.4, 0.5) is 0 Å². The van der Waals surface area contributed by atoms with E-state index in [1.807, 2.05) is 13.8 Å². The van der Waals surface area contributed by atoms with Crippen molar-refractivity contribution in [2.75, 3.05) is 13.2 Å². The van der Waals surface area contributed by atoms with Gasteiger partial charge in [-0.05, 0) is 93.1 Å². The van der Waals surface area contributed by atoms with Gasteiger partial charge in [-0.15, -0.1) is 0 Å². The Labute approximate surface area is 200 Å². The third-order valence-corrected chi connectivity index (χ3v) is 9.78. The summed E-state index contributed by atoms with van der Waals surface area (Å²) in [6.45, 7) is 13.8. The number of hydrogen-bond donors (Lipinski definition) is 3. The minimum atomic E-state index is -0.725. The van der Waals surface area contributed by atoms with Crippen molar-refractivity contribution < 1.29 is 20.1 Å². The average molecular weight is 459 g/mol. The van der Waals surface area contributed by atoms with E-state index in [2.05, 4.69) is 32.6 Å². The van der Waals surface area contributed by atoms with Crippen LogP contribution in [0.3, 0.4) is 0 Å². The molecule has 4 nitrogen and oxygen atoms in total. The molecule has 0 aromatic rings. The predicted octanol–water partition coefficient (Wildman–Crippen LogP) is 5.33. The Morgan fingerprint density at radius 2 is 1.94 bits per heavy atom. The molecule has 1 heterocycles. The molecule has 1 aliphatic heterocycles. The zero-order valence-electron chi connectivity index (χ0n) is 21.3. The number of fused-ring (bicyclic) bond motifs is 1. The van der Waals surface area contributed by atoms with Gasteiger partial charge in [0.05, 0.1) is 36.4 Å². The molecule has 186 valence electrons. The van der Waals surface area contributed by atoms with Gasteiger partial charge in [0, 0.05) is 0 Å². The number of aliphatic hydroxyl groups excluding tert-OH is 2. The van der Waals surface area contributed by atoms with Gasteiger partial charge in [0.25, 0.3) is 0 Å². The van der Waals surface area contributed by atoms with E-state index < -0.39 is 23.2 Å². The van der Waals surface area contributed by atoms with Crippen molar-refractivity contribution in [3.63, 3.8) is 0 Å². The number of rotatable bonds is 6. The highest BCUT2D eigenvalue weighted by molar-refractivity contribution is 5.41. The quantitative estimate of drug-likeness (QED) is 0.503. The Hall–Kier alpha value is -0.940. The zero-order valence-corrected chi connectivity index (χ0v) is 21.3. The first-order chi connectivity index (χ1) is 15.5. The van der Waals surface area contributed by atoms with Crippen molar-refractivity contribution in [3.05, 3.63) is 35.5 Å². The largest absolute Gasteiger partial charge is 0.392 e. The van der Waals surface area contributed by atoms with E-state index in [1.165, 1.54) is 32.1 Å². The van der Waals surface area contributed by atoms with Gasteiger partial charge < -0.3 is 20.1 Å². The Balaban J connectivity index is 1.45. The summed E-state index contributed by atoms with van der Waals surface area (Å²) in [5.74, 6) is 2.06. The van der Waals surface area contributed by atoms with Crippen LogP contribution in [0, 0.1) is 28.6 Å². The smallest absolute Gasteiger partial charge is 0.0912 e. The maximum atomic E-state index is 10.8. The van der Waals surface area contributed by atoms with E-state index >= 15 is 0 Å². The van der Waals surface area contributed by atoms with Crippen LogP contribution >= 0.6 is 0 Å². The van der Waals surface area contributed by atoms with Gasteiger partial charge in [0.15, 0.2) is 0 Å². The molecule has 4 heteroatoms. The average Bonchev–Trinajstić information content (AvgIpc) is 3.05. The van der Waals surface area contributed by atoms with E-state index in [4.69, 9.17) is 4.74 Å². The Kier molecular flexibility index (Phi) is 7.06. The summed E-state index contributed by atoms with van der Waals surface area (Å²) in [4.78, 5) is 0. The molecule has 0 amide bonds. The summed E-state index contributed by atoms with van der Waals surface area (Å²) in [5, 5.41) is 31.6. The molecule has 0 unspecified atom stereocenters. The van der Waals surface area contributed by atoms with Gasteiger partial charge >= 0.3 is 0 Å². The van der Waals surface area contributed by atoms with Crippen LogP contribution < -0.4 is 0 Å². The Morgan fingerprint density at radius 3 is 2.58 bits per heavy atom. The highest BCUT2D eigenvalue weighted by Gasteiger charge is 2.55. The van der Waals surface area contributed by atoms with Gasteiger partial charge in [0.2, 0.25) is 0 Å². The zero-order chi connectivity index (χ0) is 24.0. The van der Waals surface area contributed by atoms with Crippen molar-refractivity contribution in [1.29, 1.82) is 0 Å². The summed E-state index contributed by atoms with van der Waals surface area (Å²) < 4.78 is 5.32. The van der Waals surface area contributed by atoms with Gasteiger partial charge in [-0.1, -0.05) is 51.0 Å².